The molecule has 1 aromatic heterocycles. The SMILES string of the molecule is CN(C)C(=O)c1ccccc1NC(=O)c1cc(Cl)ccn1. The number of carbonyl (C=O) groups excluding carboxylic acids is 2. The lowest BCUT2D eigenvalue weighted by molar-refractivity contribution is 0.0828. The van der Waals surface area contributed by atoms with Crippen LogP contribution in [0.1, 0.15) is 20.8 Å². The van der Waals surface area contributed by atoms with Crippen LogP contribution in [0.25, 0.3) is 0 Å². The summed E-state index contributed by atoms with van der Waals surface area (Å²) < 4.78 is 0. The molecule has 21 heavy (non-hydrogen) atoms. The van der Waals surface area contributed by atoms with Crippen molar-refractivity contribution in [2.24, 2.45) is 0 Å². The van der Waals surface area contributed by atoms with Gasteiger partial charge < -0.3 is 10.2 Å². The summed E-state index contributed by atoms with van der Waals surface area (Å²) in [5, 5.41) is 3.11. The number of benzene rings is 1. The number of para-hydroxylation sites is 1. The van der Waals surface area contributed by atoms with Crippen LogP contribution in [-0.2, 0) is 0 Å². The Hall–Kier alpha value is -2.40. The first-order valence-corrected chi connectivity index (χ1v) is 6.60. The second kappa shape index (κ2) is 6.37. The van der Waals surface area contributed by atoms with Gasteiger partial charge in [-0.1, -0.05) is 23.7 Å². The number of hydrogen-bond donors (Lipinski definition) is 1. The summed E-state index contributed by atoms with van der Waals surface area (Å²) in [6.07, 6.45) is 1.45. The molecule has 2 amide bonds. The molecule has 2 rings (SSSR count). The highest BCUT2D eigenvalue weighted by atomic mass is 35.5. The van der Waals surface area contributed by atoms with E-state index in [2.05, 4.69) is 10.3 Å². The highest BCUT2D eigenvalue weighted by Crippen LogP contribution is 2.18. The number of halogens is 1. The summed E-state index contributed by atoms with van der Waals surface area (Å²) in [7, 11) is 3.30. The lowest BCUT2D eigenvalue weighted by Crippen LogP contribution is -2.24. The highest BCUT2D eigenvalue weighted by molar-refractivity contribution is 6.31. The molecule has 108 valence electrons. The van der Waals surface area contributed by atoms with E-state index in [4.69, 9.17) is 11.6 Å². The van der Waals surface area contributed by atoms with Crippen LogP contribution in [0.4, 0.5) is 5.69 Å². The first kappa shape index (κ1) is 15.0. The zero-order valence-corrected chi connectivity index (χ0v) is 12.4. The van der Waals surface area contributed by atoms with E-state index in [1.165, 1.54) is 17.2 Å². The van der Waals surface area contributed by atoms with Crippen molar-refractivity contribution in [2.45, 2.75) is 0 Å². The molecular formula is C15H14ClN3O2. The van der Waals surface area contributed by atoms with Crippen molar-refractivity contribution in [1.82, 2.24) is 9.88 Å². The fraction of sp³-hybridized carbons (Fsp3) is 0.133. The fourth-order valence-electron chi connectivity index (χ4n) is 1.73. The van der Waals surface area contributed by atoms with Gasteiger partial charge in [0.25, 0.3) is 11.8 Å². The molecule has 0 atom stereocenters. The van der Waals surface area contributed by atoms with Gasteiger partial charge in [0.15, 0.2) is 0 Å². The van der Waals surface area contributed by atoms with E-state index in [0.717, 1.165) is 0 Å². The summed E-state index contributed by atoms with van der Waals surface area (Å²) in [5.74, 6) is -0.610. The van der Waals surface area contributed by atoms with Crippen LogP contribution < -0.4 is 5.32 Å². The minimum Gasteiger partial charge on any atom is -0.345 e. The Morgan fingerprint density at radius 2 is 1.90 bits per heavy atom. The van der Waals surface area contributed by atoms with Crippen LogP contribution in [0, 0.1) is 0 Å². The van der Waals surface area contributed by atoms with Crippen LogP contribution in [0.2, 0.25) is 5.02 Å². The smallest absolute Gasteiger partial charge is 0.274 e. The molecular weight excluding hydrogens is 290 g/mol. The molecule has 0 unspecified atom stereocenters. The molecule has 0 radical (unpaired) electrons. The Morgan fingerprint density at radius 3 is 2.57 bits per heavy atom. The third-order valence-electron chi connectivity index (χ3n) is 2.77. The predicted molar refractivity (Wildman–Crippen MR) is 81.7 cm³/mol. The number of pyridine rings is 1. The number of hydrogen-bond acceptors (Lipinski definition) is 3. The van der Waals surface area contributed by atoms with E-state index < -0.39 is 5.91 Å². The van der Waals surface area contributed by atoms with E-state index in [0.29, 0.717) is 16.3 Å². The molecule has 0 bridgehead atoms. The van der Waals surface area contributed by atoms with Crippen LogP contribution >= 0.6 is 11.6 Å². The van der Waals surface area contributed by atoms with E-state index in [9.17, 15) is 9.59 Å². The quantitative estimate of drug-likeness (QED) is 0.948. The molecule has 1 N–H and O–H groups in total. The molecule has 0 saturated carbocycles. The molecule has 1 aromatic carbocycles. The molecule has 1 heterocycles. The normalized spacial score (nSPS) is 10.0. The van der Waals surface area contributed by atoms with Crippen LogP contribution in [0.15, 0.2) is 42.6 Å². The molecule has 6 heteroatoms. The van der Waals surface area contributed by atoms with Crippen molar-refractivity contribution < 1.29 is 9.59 Å². The van der Waals surface area contributed by atoms with Crippen LogP contribution in [-0.4, -0.2) is 35.8 Å². The topological polar surface area (TPSA) is 62.3 Å². The third-order valence-corrected chi connectivity index (χ3v) is 3.00. The van der Waals surface area contributed by atoms with Gasteiger partial charge >= 0.3 is 0 Å². The highest BCUT2D eigenvalue weighted by Gasteiger charge is 2.15. The van der Waals surface area contributed by atoms with Crippen molar-refractivity contribution in [3.8, 4) is 0 Å². The lowest BCUT2D eigenvalue weighted by atomic mass is 10.1. The largest absolute Gasteiger partial charge is 0.345 e. The molecule has 0 aliphatic heterocycles. The Bertz CT molecular complexity index is 686. The summed E-state index contributed by atoms with van der Waals surface area (Å²) in [6.45, 7) is 0. The van der Waals surface area contributed by atoms with Crippen molar-refractivity contribution in [3.63, 3.8) is 0 Å². The van der Waals surface area contributed by atoms with Gasteiger partial charge in [-0.2, -0.15) is 0 Å². The lowest BCUT2D eigenvalue weighted by Gasteiger charge is -2.14. The summed E-state index contributed by atoms with van der Waals surface area (Å²) >= 11 is 5.83. The van der Waals surface area contributed by atoms with Crippen LogP contribution in [0.5, 0.6) is 0 Å². The molecule has 0 aliphatic rings. The fourth-order valence-corrected chi connectivity index (χ4v) is 1.89. The molecule has 5 nitrogen and oxygen atoms in total. The van der Waals surface area contributed by atoms with Gasteiger partial charge in [-0.3, -0.25) is 14.6 Å². The maximum Gasteiger partial charge on any atom is 0.274 e. The number of nitrogens with zero attached hydrogens (tertiary/aromatic N) is 2. The second-order valence-electron chi connectivity index (χ2n) is 4.56. The molecule has 2 aromatic rings. The zero-order chi connectivity index (χ0) is 15.4. The monoisotopic (exact) mass is 303 g/mol. The number of rotatable bonds is 3. The van der Waals surface area contributed by atoms with Crippen molar-refractivity contribution >= 4 is 29.1 Å². The number of amides is 2. The molecule has 0 fully saturated rings. The molecule has 0 aliphatic carbocycles. The number of aromatic nitrogens is 1. The van der Waals surface area contributed by atoms with E-state index >= 15 is 0 Å². The Kier molecular flexibility index (Phi) is 4.55. The standard InChI is InChI=1S/C15H14ClN3O2/c1-19(2)15(21)11-5-3-4-6-12(11)18-14(20)13-9-10(16)7-8-17-13/h3-9H,1-2H3,(H,18,20). The van der Waals surface area contributed by atoms with Gasteiger partial charge in [0.1, 0.15) is 5.69 Å². The van der Waals surface area contributed by atoms with Gasteiger partial charge in [0.2, 0.25) is 0 Å². The molecule has 0 saturated heterocycles. The number of anilines is 1. The number of carbonyl (C=O) groups is 2. The predicted octanol–water partition coefficient (Wildman–Crippen LogP) is 2.69. The second-order valence-corrected chi connectivity index (χ2v) is 5.00. The van der Waals surface area contributed by atoms with Gasteiger partial charge in [-0.15, -0.1) is 0 Å². The Morgan fingerprint density at radius 1 is 1.19 bits per heavy atom. The van der Waals surface area contributed by atoms with E-state index in [1.807, 2.05) is 0 Å². The van der Waals surface area contributed by atoms with Gasteiger partial charge in [-0.25, -0.2) is 0 Å². The maximum absolute atomic E-state index is 12.2. The summed E-state index contributed by atoms with van der Waals surface area (Å²) in [6, 6.07) is 9.86. The van der Waals surface area contributed by atoms with Crippen molar-refractivity contribution in [3.05, 3.63) is 58.9 Å². The zero-order valence-electron chi connectivity index (χ0n) is 11.6. The van der Waals surface area contributed by atoms with Crippen molar-refractivity contribution in [2.75, 3.05) is 19.4 Å². The van der Waals surface area contributed by atoms with E-state index in [1.54, 1.807) is 44.4 Å². The summed E-state index contributed by atoms with van der Waals surface area (Å²) in [4.78, 5) is 29.6. The van der Waals surface area contributed by atoms with Crippen molar-refractivity contribution in [1.29, 1.82) is 0 Å². The number of nitrogens with one attached hydrogen (secondary N) is 1. The summed E-state index contributed by atoms with van der Waals surface area (Å²) in [5.41, 5.74) is 1.04. The van der Waals surface area contributed by atoms with Gasteiger partial charge in [0.05, 0.1) is 11.3 Å². The van der Waals surface area contributed by atoms with Gasteiger partial charge in [0, 0.05) is 25.3 Å². The van der Waals surface area contributed by atoms with Crippen LogP contribution in [0.3, 0.4) is 0 Å². The first-order chi connectivity index (χ1) is 9.99. The maximum atomic E-state index is 12.2. The molecule has 0 spiro atoms. The average Bonchev–Trinajstić information content (AvgIpc) is 2.47. The Labute approximate surface area is 127 Å². The first-order valence-electron chi connectivity index (χ1n) is 6.22. The average molecular weight is 304 g/mol. The third kappa shape index (κ3) is 3.58. The van der Waals surface area contributed by atoms with Gasteiger partial charge in [-0.05, 0) is 24.3 Å². The Balaban J connectivity index is 2.28. The minimum absolute atomic E-state index is 0.189. The van der Waals surface area contributed by atoms with E-state index in [-0.39, 0.29) is 11.6 Å². The minimum atomic E-state index is -0.420.